The van der Waals surface area contributed by atoms with E-state index in [9.17, 15) is 0 Å². The summed E-state index contributed by atoms with van der Waals surface area (Å²) >= 11 is 0. The van der Waals surface area contributed by atoms with Crippen molar-refractivity contribution in [2.75, 3.05) is 38.3 Å². The van der Waals surface area contributed by atoms with Gasteiger partial charge in [0.1, 0.15) is 6.61 Å². The summed E-state index contributed by atoms with van der Waals surface area (Å²) in [4.78, 5) is 20.0. The number of hydrogen-bond donors (Lipinski definition) is 0. The van der Waals surface area contributed by atoms with Crippen molar-refractivity contribution in [3.05, 3.63) is 30.0 Å². The van der Waals surface area contributed by atoms with E-state index in [2.05, 4.69) is 25.0 Å². The largest absolute Gasteiger partial charge is 0.378 e. The predicted molar refractivity (Wildman–Crippen MR) is 90.3 cm³/mol. The molecule has 1 aliphatic rings. The molecule has 0 spiro atoms. The number of anilines is 1. The first-order valence-electron chi connectivity index (χ1n) is 8.12. The Balaban J connectivity index is 1.72. The quantitative estimate of drug-likeness (QED) is 0.690. The van der Waals surface area contributed by atoms with Gasteiger partial charge in [-0.25, -0.2) is 19.5 Å². The minimum absolute atomic E-state index is 0.354. The molecule has 0 amide bonds. The van der Waals surface area contributed by atoms with E-state index in [1.54, 1.807) is 24.0 Å². The maximum absolute atomic E-state index is 5.39. The minimum atomic E-state index is 0.354. The van der Waals surface area contributed by atoms with Crippen molar-refractivity contribution in [3.8, 4) is 11.3 Å². The standard InChI is InChI=1S/C16H19N7O2/c1-11-12(9-18-16-20-14(10-24-2)21-23(11)16)13-3-4-17-15(19-13)22-5-7-25-8-6-22/h3-4,9H,5-8,10H2,1-2H3. The number of fused-ring (bicyclic) bond motifs is 1. The van der Waals surface area contributed by atoms with Gasteiger partial charge in [-0.05, 0) is 13.0 Å². The van der Waals surface area contributed by atoms with Gasteiger partial charge < -0.3 is 14.4 Å². The van der Waals surface area contributed by atoms with E-state index in [0.717, 1.165) is 30.0 Å². The molecule has 1 saturated heterocycles. The van der Waals surface area contributed by atoms with Gasteiger partial charge in [0, 0.05) is 38.2 Å². The molecule has 25 heavy (non-hydrogen) atoms. The van der Waals surface area contributed by atoms with Gasteiger partial charge in [-0.1, -0.05) is 0 Å². The van der Waals surface area contributed by atoms with Gasteiger partial charge in [-0.3, -0.25) is 0 Å². The molecule has 3 aromatic rings. The van der Waals surface area contributed by atoms with Crippen LogP contribution in [0.2, 0.25) is 0 Å². The zero-order valence-electron chi connectivity index (χ0n) is 14.2. The van der Waals surface area contributed by atoms with Crippen molar-refractivity contribution >= 4 is 11.7 Å². The second-order valence-electron chi connectivity index (χ2n) is 5.77. The van der Waals surface area contributed by atoms with Gasteiger partial charge in [-0.15, -0.1) is 5.10 Å². The van der Waals surface area contributed by atoms with Crippen LogP contribution in [-0.2, 0) is 16.1 Å². The van der Waals surface area contributed by atoms with Crippen LogP contribution in [0.1, 0.15) is 11.5 Å². The van der Waals surface area contributed by atoms with Gasteiger partial charge >= 0.3 is 0 Å². The summed E-state index contributed by atoms with van der Waals surface area (Å²) in [5.74, 6) is 1.86. The number of rotatable bonds is 4. The molecule has 0 unspecified atom stereocenters. The molecule has 9 heteroatoms. The molecule has 3 aromatic heterocycles. The van der Waals surface area contributed by atoms with Crippen LogP contribution < -0.4 is 4.90 Å². The second-order valence-corrected chi connectivity index (χ2v) is 5.77. The molecule has 1 aliphatic heterocycles. The summed E-state index contributed by atoms with van der Waals surface area (Å²) in [6, 6.07) is 1.88. The average Bonchev–Trinajstić information content (AvgIpc) is 3.07. The molecule has 4 rings (SSSR count). The second kappa shape index (κ2) is 6.69. The molecule has 0 aliphatic carbocycles. The van der Waals surface area contributed by atoms with Crippen LogP contribution in [0, 0.1) is 6.92 Å². The molecule has 130 valence electrons. The Labute approximate surface area is 144 Å². The Kier molecular flexibility index (Phi) is 4.24. The lowest BCUT2D eigenvalue weighted by atomic mass is 10.2. The number of nitrogens with zero attached hydrogens (tertiary/aromatic N) is 7. The zero-order chi connectivity index (χ0) is 17.2. The van der Waals surface area contributed by atoms with Crippen molar-refractivity contribution in [1.29, 1.82) is 0 Å². The Morgan fingerprint density at radius 3 is 2.84 bits per heavy atom. The lowest BCUT2D eigenvalue weighted by molar-refractivity contribution is 0.122. The van der Waals surface area contributed by atoms with Gasteiger partial charge in [0.05, 0.1) is 24.6 Å². The lowest BCUT2D eigenvalue weighted by Gasteiger charge is -2.26. The molecular formula is C16H19N7O2. The van der Waals surface area contributed by atoms with E-state index < -0.39 is 0 Å². The summed E-state index contributed by atoms with van der Waals surface area (Å²) < 4.78 is 12.2. The zero-order valence-corrected chi connectivity index (χ0v) is 14.2. The van der Waals surface area contributed by atoms with E-state index in [1.807, 2.05) is 13.0 Å². The molecule has 4 heterocycles. The lowest BCUT2D eigenvalue weighted by Crippen LogP contribution is -2.37. The maximum atomic E-state index is 5.39. The number of hydrogen-bond acceptors (Lipinski definition) is 8. The van der Waals surface area contributed by atoms with Crippen molar-refractivity contribution in [1.82, 2.24) is 29.5 Å². The monoisotopic (exact) mass is 341 g/mol. The smallest absolute Gasteiger partial charge is 0.252 e. The number of ether oxygens (including phenoxy) is 2. The van der Waals surface area contributed by atoms with E-state index >= 15 is 0 Å². The first-order valence-corrected chi connectivity index (χ1v) is 8.12. The Hall–Kier alpha value is -2.65. The molecule has 0 N–H and O–H groups in total. The van der Waals surface area contributed by atoms with Gasteiger partial charge in [0.25, 0.3) is 5.78 Å². The van der Waals surface area contributed by atoms with Crippen LogP contribution in [0.4, 0.5) is 5.95 Å². The third kappa shape index (κ3) is 3.03. The normalized spacial score (nSPS) is 15.0. The molecule has 0 aromatic carbocycles. The van der Waals surface area contributed by atoms with Crippen LogP contribution in [0.15, 0.2) is 18.5 Å². The van der Waals surface area contributed by atoms with Crippen LogP contribution in [0.3, 0.4) is 0 Å². The van der Waals surface area contributed by atoms with Crippen LogP contribution in [0.25, 0.3) is 17.0 Å². The third-order valence-corrected chi connectivity index (χ3v) is 4.14. The SMILES string of the molecule is COCc1nc2ncc(-c3ccnc(N4CCOCC4)n3)c(C)n2n1. The highest BCUT2D eigenvalue weighted by molar-refractivity contribution is 5.63. The van der Waals surface area contributed by atoms with Crippen LogP contribution in [-0.4, -0.2) is 63.0 Å². The molecule has 0 radical (unpaired) electrons. The first-order chi connectivity index (χ1) is 12.3. The third-order valence-electron chi connectivity index (χ3n) is 4.14. The maximum Gasteiger partial charge on any atom is 0.252 e. The summed E-state index contributed by atoms with van der Waals surface area (Å²) in [7, 11) is 1.62. The van der Waals surface area contributed by atoms with Gasteiger partial charge in [0.15, 0.2) is 5.82 Å². The predicted octanol–water partition coefficient (Wildman–Crippen LogP) is 0.873. The molecule has 0 atom stereocenters. The van der Waals surface area contributed by atoms with Crippen molar-refractivity contribution in [3.63, 3.8) is 0 Å². The van der Waals surface area contributed by atoms with Gasteiger partial charge in [-0.2, -0.15) is 4.98 Å². The highest BCUT2D eigenvalue weighted by Gasteiger charge is 2.16. The summed E-state index contributed by atoms with van der Waals surface area (Å²) in [6.07, 6.45) is 3.55. The number of methoxy groups -OCH3 is 1. The first kappa shape index (κ1) is 15.9. The van der Waals surface area contributed by atoms with E-state index in [-0.39, 0.29) is 0 Å². The van der Waals surface area contributed by atoms with Crippen LogP contribution in [0.5, 0.6) is 0 Å². The van der Waals surface area contributed by atoms with E-state index in [1.165, 1.54) is 0 Å². The fraction of sp³-hybridized carbons (Fsp3) is 0.438. The van der Waals surface area contributed by atoms with Gasteiger partial charge in [0.2, 0.25) is 5.95 Å². The summed E-state index contributed by atoms with van der Waals surface area (Å²) in [5.41, 5.74) is 2.64. The average molecular weight is 341 g/mol. The van der Waals surface area contributed by atoms with Crippen molar-refractivity contribution in [2.24, 2.45) is 0 Å². The van der Waals surface area contributed by atoms with Crippen molar-refractivity contribution in [2.45, 2.75) is 13.5 Å². The highest BCUT2D eigenvalue weighted by Crippen LogP contribution is 2.22. The molecule has 0 saturated carbocycles. The fourth-order valence-electron chi connectivity index (χ4n) is 2.84. The Morgan fingerprint density at radius 2 is 2.04 bits per heavy atom. The van der Waals surface area contributed by atoms with Crippen molar-refractivity contribution < 1.29 is 9.47 Å². The molecular weight excluding hydrogens is 322 g/mol. The van der Waals surface area contributed by atoms with E-state index in [0.29, 0.717) is 37.4 Å². The Bertz CT molecular complexity index is 889. The topological polar surface area (TPSA) is 90.6 Å². The van der Waals surface area contributed by atoms with E-state index in [4.69, 9.17) is 14.5 Å². The highest BCUT2D eigenvalue weighted by atomic mass is 16.5. The molecule has 9 nitrogen and oxygen atoms in total. The minimum Gasteiger partial charge on any atom is -0.378 e. The number of aryl methyl sites for hydroxylation is 1. The number of morpholine rings is 1. The fourth-order valence-corrected chi connectivity index (χ4v) is 2.84. The number of aromatic nitrogens is 6. The molecule has 1 fully saturated rings. The van der Waals surface area contributed by atoms with Crippen LogP contribution >= 0.6 is 0 Å². The molecule has 0 bridgehead atoms. The Morgan fingerprint density at radius 1 is 1.20 bits per heavy atom. The summed E-state index contributed by atoms with van der Waals surface area (Å²) in [5, 5.41) is 4.45. The summed E-state index contributed by atoms with van der Waals surface area (Å²) in [6.45, 7) is 5.31.